The molecule has 0 aliphatic carbocycles. The summed E-state index contributed by atoms with van der Waals surface area (Å²) in [6.45, 7) is 9.10. The Morgan fingerprint density at radius 1 is 1.33 bits per heavy atom. The molecule has 2 heterocycles. The van der Waals surface area contributed by atoms with Crippen LogP contribution in [0.15, 0.2) is 12.3 Å². The van der Waals surface area contributed by atoms with Gasteiger partial charge in [-0.25, -0.2) is 4.98 Å². The van der Waals surface area contributed by atoms with Crippen LogP contribution in [0.1, 0.15) is 44.2 Å². The number of aromatic nitrogens is 1. The molecule has 0 atom stereocenters. The van der Waals surface area contributed by atoms with E-state index in [2.05, 4.69) is 36.7 Å². The minimum Gasteiger partial charge on any atom is -0.356 e. The molecule has 0 saturated carbocycles. The van der Waals surface area contributed by atoms with E-state index in [1.165, 1.54) is 24.8 Å². The molecule has 0 radical (unpaired) electrons. The summed E-state index contributed by atoms with van der Waals surface area (Å²) in [6, 6.07) is 2.16. The molecular formula is C15H23ClN2. The van der Waals surface area contributed by atoms with Crippen molar-refractivity contribution < 1.29 is 0 Å². The summed E-state index contributed by atoms with van der Waals surface area (Å²) in [7, 11) is 0. The molecule has 1 aliphatic rings. The molecule has 1 fully saturated rings. The summed E-state index contributed by atoms with van der Waals surface area (Å²) in [4.78, 5) is 7.04. The number of nitrogens with zero attached hydrogens (tertiary/aromatic N) is 2. The normalized spacial score (nSPS) is 19.7. The van der Waals surface area contributed by atoms with Crippen LogP contribution in [-0.4, -0.2) is 18.1 Å². The molecule has 3 heteroatoms. The summed E-state index contributed by atoms with van der Waals surface area (Å²) >= 11 is 5.85. The molecule has 0 bridgehead atoms. The Labute approximate surface area is 115 Å². The number of pyridine rings is 1. The number of hydrogen-bond donors (Lipinski definition) is 0. The molecule has 0 unspecified atom stereocenters. The van der Waals surface area contributed by atoms with Gasteiger partial charge in [-0.15, -0.1) is 11.6 Å². The maximum Gasteiger partial charge on any atom is 0.131 e. The van der Waals surface area contributed by atoms with Crippen molar-refractivity contribution in [3.8, 4) is 0 Å². The third-order valence-corrected chi connectivity index (χ3v) is 4.21. The molecule has 0 N–H and O–H groups in total. The van der Waals surface area contributed by atoms with Gasteiger partial charge in [-0.1, -0.05) is 13.8 Å². The minimum absolute atomic E-state index is 0.471. The van der Waals surface area contributed by atoms with Gasteiger partial charge in [0.1, 0.15) is 5.82 Å². The van der Waals surface area contributed by atoms with Crippen LogP contribution in [0.5, 0.6) is 0 Å². The van der Waals surface area contributed by atoms with E-state index >= 15 is 0 Å². The summed E-state index contributed by atoms with van der Waals surface area (Å²) in [5.74, 6) is 1.68. The van der Waals surface area contributed by atoms with Crippen molar-refractivity contribution in [2.24, 2.45) is 5.41 Å². The largest absolute Gasteiger partial charge is 0.356 e. The molecular weight excluding hydrogens is 244 g/mol. The molecule has 2 nitrogen and oxygen atoms in total. The van der Waals surface area contributed by atoms with E-state index in [1.54, 1.807) is 0 Å². The Morgan fingerprint density at radius 2 is 2.11 bits per heavy atom. The van der Waals surface area contributed by atoms with E-state index in [4.69, 9.17) is 11.6 Å². The van der Waals surface area contributed by atoms with Crippen molar-refractivity contribution in [1.29, 1.82) is 0 Å². The Morgan fingerprint density at radius 3 is 2.78 bits per heavy atom. The Bertz CT molecular complexity index is 415. The van der Waals surface area contributed by atoms with Crippen molar-refractivity contribution in [2.75, 3.05) is 18.0 Å². The van der Waals surface area contributed by atoms with E-state index in [9.17, 15) is 0 Å². The lowest BCUT2D eigenvalue weighted by molar-refractivity contribution is 0.325. The van der Waals surface area contributed by atoms with Crippen molar-refractivity contribution in [3.05, 3.63) is 23.4 Å². The molecule has 1 saturated heterocycles. The fraction of sp³-hybridized carbons (Fsp3) is 0.667. The van der Waals surface area contributed by atoms with Gasteiger partial charge in [0.25, 0.3) is 0 Å². The topological polar surface area (TPSA) is 16.1 Å². The number of alkyl halides is 1. The van der Waals surface area contributed by atoms with Gasteiger partial charge in [0, 0.05) is 25.2 Å². The highest BCUT2D eigenvalue weighted by Crippen LogP contribution is 2.32. The third kappa shape index (κ3) is 3.17. The van der Waals surface area contributed by atoms with Gasteiger partial charge in [0.05, 0.1) is 0 Å². The summed E-state index contributed by atoms with van der Waals surface area (Å²) in [5.41, 5.74) is 2.82. The first kappa shape index (κ1) is 13.7. The first-order valence-corrected chi connectivity index (χ1v) is 7.32. The van der Waals surface area contributed by atoms with Gasteiger partial charge in [0.2, 0.25) is 0 Å². The summed E-state index contributed by atoms with van der Waals surface area (Å²) < 4.78 is 0. The van der Waals surface area contributed by atoms with Crippen LogP contribution in [0.25, 0.3) is 0 Å². The first-order valence-electron chi connectivity index (χ1n) is 6.78. The second-order valence-corrected chi connectivity index (χ2v) is 6.39. The monoisotopic (exact) mass is 266 g/mol. The van der Waals surface area contributed by atoms with Gasteiger partial charge in [0.15, 0.2) is 0 Å². The SMILES string of the molecule is Cc1cc(CCl)cnc1N1CCCC(C)(C)CC1. The van der Waals surface area contributed by atoms with Crippen LogP contribution in [0.2, 0.25) is 0 Å². The van der Waals surface area contributed by atoms with E-state index in [0.29, 0.717) is 11.3 Å². The minimum atomic E-state index is 0.471. The lowest BCUT2D eigenvalue weighted by Gasteiger charge is -2.25. The van der Waals surface area contributed by atoms with E-state index in [1.807, 2.05) is 6.20 Å². The zero-order valence-electron chi connectivity index (χ0n) is 11.7. The van der Waals surface area contributed by atoms with Crippen molar-refractivity contribution in [2.45, 2.75) is 45.9 Å². The molecule has 0 amide bonds. The van der Waals surface area contributed by atoms with Gasteiger partial charge >= 0.3 is 0 Å². The molecule has 18 heavy (non-hydrogen) atoms. The number of rotatable bonds is 2. The second-order valence-electron chi connectivity index (χ2n) is 6.12. The van der Waals surface area contributed by atoms with Crippen LogP contribution in [0, 0.1) is 12.3 Å². The maximum atomic E-state index is 5.85. The predicted molar refractivity (Wildman–Crippen MR) is 78.4 cm³/mol. The smallest absolute Gasteiger partial charge is 0.131 e. The predicted octanol–water partition coefficient (Wildman–Crippen LogP) is 4.15. The molecule has 1 aliphatic heterocycles. The Hall–Kier alpha value is -0.760. The quantitative estimate of drug-likeness (QED) is 0.748. The fourth-order valence-electron chi connectivity index (χ4n) is 2.66. The number of halogens is 1. The standard InChI is InChI=1S/C15H23ClN2/c1-12-9-13(10-16)11-17-14(12)18-7-4-5-15(2,3)6-8-18/h9,11H,4-8,10H2,1-3H3. The van der Waals surface area contributed by atoms with Crippen molar-refractivity contribution in [3.63, 3.8) is 0 Å². The van der Waals surface area contributed by atoms with E-state index < -0.39 is 0 Å². The van der Waals surface area contributed by atoms with Gasteiger partial charge in [-0.05, 0) is 48.8 Å². The van der Waals surface area contributed by atoms with Crippen LogP contribution >= 0.6 is 11.6 Å². The van der Waals surface area contributed by atoms with Crippen LogP contribution < -0.4 is 4.90 Å². The third-order valence-electron chi connectivity index (χ3n) is 3.90. The number of aryl methyl sites for hydroxylation is 1. The Kier molecular flexibility index (Phi) is 4.16. The number of hydrogen-bond acceptors (Lipinski definition) is 2. The maximum absolute atomic E-state index is 5.85. The van der Waals surface area contributed by atoms with Crippen molar-refractivity contribution in [1.82, 2.24) is 4.98 Å². The number of anilines is 1. The molecule has 1 aromatic heterocycles. The summed E-state index contributed by atoms with van der Waals surface area (Å²) in [6.07, 6.45) is 5.71. The zero-order valence-corrected chi connectivity index (χ0v) is 12.4. The average molecular weight is 267 g/mol. The highest BCUT2D eigenvalue weighted by Gasteiger charge is 2.24. The van der Waals surface area contributed by atoms with E-state index in [0.717, 1.165) is 24.5 Å². The van der Waals surface area contributed by atoms with Crippen molar-refractivity contribution >= 4 is 17.4 Å². The average Bonchev–Trinajstić information content (AvgIpc) is 2.50. The molecule has 1 aromatic rings. The Balaban J connectivity index is 2.16. The van der Waals surface area contributed by atoms with Gasteiger partial charge in [-0.3, -0.25) is 0 Å². The van der Waals surface area contributed by atoms with Gasteiger partial charge in [-0.2, -0.15) is 0 Å². The zero-order chi connectivity index (χ0) is 13.2. The van der Waals surface area contributed by atoms with E-state index in [-0.39, 0.29) is 0 Å². The van der Waals surface area contributed by atoms with Crippen LogP contribution in [0.4, 0.5) is 5.82 Å². The molecule has 0 aromatic carbocycles. The summed E-state index contributed by atoms with van der Waals surface area (Å²) in [5, 5.41) is 0. The highest BCUT2D eigenvalue weighted by molar-refractivity contribution is 6.17. The molecule has 100 valence electrons. The van der Waals surface area contributed by atoms with Gasteiger partial charge < -0.3 is 4.90 Å². The second kappa shape index (κ2) is 5.48. The van der Waals surface area contributed by atoms with Crippen LogP contribution in [-0.2, 0) is 5.88 Å². The van der Waals surface area contributed by atoms with Crippen LogP contribution in [0.3, 0.4) is 0 Å². The molecule has 0 spiro atoms. The first-order chi connectivity index (χ1) is 8.52. The molecule has 2 rings (SSSR count). The lowest BCUT2D eigenvalue weighted by atomic mass is 9.85. The highest BCUT2D eigenvalue weighted by atomic mass is 35.5. The fourth-order valence-corrected chi connectivity index (χ4v) is 2.81. The lowest BCUT2D eigenvalue weighted by Crippen LogP contribution is -2.26.